The van der Waals surface area contributed by atoms with Crippen molar-refractivity contribution < 1.29 is 4.79 Å². The van der Waals surface area contributed by atoms with Crippen molar-refractivity contribution >= 4 is 17.6 Å². The summed E-state index contributed by atoms with van der Waals surface area (Å²) in [5.41, 5.74) is 6.45. The number of hydrazone groups is 1. The van der Waals surface area contributed by atoms with Gasteiger partial charge >= 0.3 is 0 Å². The van der Waals surface area contributed by atoms with E-state index in [-0.39, 0.29) is 11.8 Å². The number of carbonyl (C=O) groups excluding carboxylic acids is 1. The second-order valence-corrected chi connectivity index (χ2v) is 4.52. The molecule has 102 valence electrons. The van der Waals surface area contributed by atoms with Crippen LogP contribution in [0.3, 0.4) is 0 Å². The molecule has 6 nitrogen and oxygen atoms in total. The molecule has 1 aliphatic heterocycles. The molecule has 0 aliphatic carbocycles. The summed E-state index contributed by atoms with van der Waals surface area (Å²) in [5.74, 6) is 0.145. The fourth-order valence-electron chi connectivity index (χ4n) is 2.17. The highest BCUT2D eigenvalue weighted by molar-refractivity contribution is 6.14. The molecule has 1 unspecified atom stereocenters. The Kier molecular flexibility index (Phi) is 4.57. The van der Waals surface area contributed by atoms with E-state index in [9.17, 15) is 4.79 Å². The number of aromatic nitrogens is 2. The highest BCUT2D eigenvalue weighted by Crippen LogP contribution is 2.25. The molecule has 2 N–H and O–H groups in total. The van der Waals surface area contributed by atoms with Gasteiger partial charge in [-0.25, -0.2) is 9.97 Å². The van der Waals surface area contributed by atoms with Crippen LogP contribution in [-0.2, 0) is 4.79 Å². The molecule has 6 heteroatoms. The van der Waals surface area contributed by atoms with E-state index in [1.165, 1.54) is 5.01 Å². The Morgan fingerprint density at radius 1 is 1.37 bits per heavy atom. The van der Waals surface area contributed by atoms with Gasteiger partial charge in [0.25, 0.3) is 11.9 Å². The Balaban J connectivity index is 2.20. The van der Waals surface area contributed by atoms with Crippen LogP contribution in [0.5, 0.6) is 0 Å². The highest BCUT2D eigenvalue weighted by Gasteiger charge is 2.36. The maximum Gasteiger partial charge on any atom is 0.258 e. The second kappa shape index (κ2) is 6.38. The molecule has 19 heavy (non-hydrogen) atoms. The highest BCUT2D eigenvalue weighted by atomic mass is 16.2. The average Bonchev–Trinajstić information content (AvgIpc) is 2.75. The molecule has 1 amide bonds. The Hall–Kier alpha value is -1.82. The lowest BCUT2D eigenvalue weighted by Crippen LogP contribution is -2.29. The number of nitrogens with zero attached hydrogens (tertiary/aromatic N) is 4. The molecule has 0 aromatic carbocycles. The largest absolute Gasteiger partial charge is 0.330 e. The molecule has 1 aromatic rings. The zero-order chi connectivity index (χ0) is 13.7. The van der Waals surface area contributed by atoms with E-state index in [2.05, 4.69) is 22.0 Å². The van der Waals surface area contributed by atoms with Gasteiger partial charge in [0.2, 0.25) is 0 Å². The van der Waals surface area contributed by atoms with Crippen molar-refractivity contribution in [2.75, 3.05) is 11.6 Å². The maximum atomic E-state index is 12.4. The number of anilines is 1. The van der Waals surface area contributed by atoms with Crippen molar-refractivity contribution in [2.45, 2.75) is 32.6 Å². The number of hydrogen-bond donors (Lipinski definition) is 1. The van der Waals surface area contributed by atoms with Crippen LogP contribution >= 0.6 is 0 Å². The van der Waals surface area contributed by atoms with Gasteiger partial charge in [-0.1, -0.05) is 13.3 Å². The third-order valence-electron chi connectivity index (χ3n) is 3.08. The van der Waals surface area contributed by atoms with Gasteiger partial charge in [0.05, 0.1) is 11.6 Å². The SMILES string of the molecule is CCCC1=NN(c2ncccn2)C(=O)C1CCCN. The van der Waals surface area contributed by atoms with Crippen LogP contribution in [-0.4, -0.2) is 28.1 Å². The minimum absolute atomic E-state index is 0.0388. The van der Waals surface area contributed by atoms with Gasteiger partial charge in [0.15, 0.2) is 0 Å². The van der Waals surface area contributed by atoms with E-state index >= 15 is 0 Å². The van der Waals surface area contributed by atoms with Crippen molar-refractivity contribution in [1.29, 1.82) is 0 Å². The van der Waals surface area contributed by atoms with Crippen molar-refractivity contribution in [3.8, 4) is 0 Å². The Bertz CT molecular complexity index is 459. The molecule has 0 saturated carbocycles. The predicted molar refractivity (Wildman–Crippen MR) is 73.6 cm³/mol. The first kappa shape index (κ1) is 13.6. The van der Waals surface area contributed by atoms with Crippen LogP contribution in [0.1, 0.15) is 32.6 Å². The van der Waals surface area contributed by atoms with Crippen LogP contribution in [0.2, 0.25) is 0 Å². The van der Waals surface area contributed by atoms with E-state index in [1.807, 2.05) is 0 Å². The van der Waals surface area contributed by atoms with Crippen LogP contribution in [0.4, 0.5) is 5.95 Å². The normalized spacial score (nSPS) is 18.8. The summed E-state index contributed by atoms with van der Waals surface area (Å²) in [6.07, 6.45) is 6.58. The van der Waals surface area contributed by atoms with Crippen LogP contribution in [0, 0.1) is 5.92 Å². The van der Waals surface area contributed by atoms with Gasteiger partial charge in [-0.3, -0.25) is 4.79 Å². The topological polar surface area (TPSA) is 84.5 Å². The van der Waals surface area contributed by atoms with E-state index in [0.717, 1.165) is 31.4 Å². The zero-order valence-corrected chi connectivity index (χ0v) is 11.1. The average molecular weight is 261 g/mol. The van der Waals surface area contributed by atoms with Gasteiger partial charge < -0.3 is 5.73 Å². The first-order chi connectivity index (χ1) is 9.27. The van der Waals surface area contributed by atoms with Crippen molar-refractivity contribution in [3.05, 3.63) is 18.5 Å². The van der Waals surface area contributed by atoms with Crippen molar-refractivity contribution in [1.82, 2.24) is 9.97 Å². The minimum atomic E-state index is -0.160. The third kappa shape index (κ3) is 2.96. The second-order valence-electron chi connectivity index (χ2n) is 4.52. The number of hydrogen-bond acceptors (Lipinski definition) is 5. The first-order valence-electron chi connectivity index (χ1n) is 6.66. The quantitative estimate of drug-likeness (QED) is 0.837. The summed E-state index contributed by atoms with van der Waals surface area (Å²) < 4.78 is 0. The standard InChI is InChI=1S/C13H19N5O/c1-2-5-11-10(6-3-7-14)12(19)18(17-11)13-15-8-4-9-16-13/h4,8-10H,2-3,5-7,14H2,1H3. The molecular weight excluding hydrogens is 242 g/mol. The number of rotatable bonds is 6. The molecule has 0 spiro atoms. The molecule has 0 bridgehead atoms. The van der Waals surface area contributed by atoms with Crippen molar-refractivity contribution in [2.24, 2.45) is 16.8 Å². The van der Waals surface area contributed by atoms with Gasteiger partial charge in [-0.15, -0.1) is 0 Å². The van der Waals surface area contributed by atoms with E-state index in [1.54, 1.807) is 18.5 Å². The molecule has 1 atom stereocenters. The van der Waals surface area contributed by atoms with Gasteiger partial charge in [0.1, 0.15) is 0 Å². The van der Waals surface area contributed by atoms with Gasteiger partial charge in [-0.05, 0) is 31.9 Å². The van der Waals surface area contributed by atoms with E-state index < -0.39 is 0 Å². The number of carbonyl (C=O) groups is 1. The fraction of sp³-hybridized carbons (Fsp3) is 0.538. The van der Waals surface area contributed by atoms with E-state index in [4.69, 9.17) is 5.73 Å². The lowest BCUT2D eigenvalue weighted by molar-refractivity contribution is -0.120. The Morgan fingerprint density at radius 2 is 2.11 bits per heavy atom. The smallest absolute Gasteiger partial charge is 0.258 e. The van der Waals surface area contributed by atoms with Crippen LogP contribution in [0.25, 0.3) is 0 Å². The predicted octanol–water partition coefficient (Wildman–Crippen LogP) is 1.33. The first-order valence-corrected chi connectivity index (χ1v) is 6.66. The van der Waals surface area contributed by atoms with Gasteiger partial charge in [-0.2, -0.15) is 10.1 Å². The Labute approximate surface area is 112 Å². The fourth-order valence-corrected chi connectivity index (χ4v) is 2.17. The molecule has 0 fully saturated rings. The summed E-state index contributed by atoms with van der Waals surface area (Å²) in [6.45, 7) is 2.67. The molecule has 0 saturated heterocycles. The van der Waals surface area contributed by atoms with Crippen LogP contribution in [0.15, 0.2) is 23.6 Å². The molecular formula is C13H19N5O. The minimum Gasteiger partial charge on any atom is -0.330 e. The lowest BCUT2D eigenvalue weighted by atomic mass is 9.95. The van der Waals surface area contributed by atoms with Crippen molar-refractivity contribution in [3.63, 3.8) is 0 Å². The third-order valence-corrected chi connectivity index (χ3v) is 3.08. The molecule has 0 radical (unpaired) electrons. The summed E-state index contributed by atoms with van der Waals surface area (Å²) in [7, 11) is 0. The summed E-state index contributed by atoms with van der Waals surface area (Å²) in [4.78, 5) is 20.6. The monoisotopic (exact) mass is 261 g/mol. The molecule has 1 aliphatic rings. The molecule has 2 heterocycles. The summed E-state index contributed by atoms with van der Waals surface area (Å²) in [6, 6.07) is 1.71. The summed E-state index contributed by atoms with van der Waals surface area (Å²) in [5, 5.41) is 5.72. The Morgan fingerprint density at radius 3 is 2.74 bits per heavy atom. The zero-order valence-electron chi connectivity index (χ0n) is 11.1. The summed E-state index contributed by atoms with van der Waals surface area (Å²) >= 11 is 0. The van der Waals surface area contributed by atoms with E-state index in [0.29, 0.717) is 12.5 Å². The van der Waals surface area contributed by atoms with Gasteiger partial charge in [0, 0.05) is 12.4 Å². The lowest BCUT2D eigenvalue weighted by Gasteiger charge is -2.12. The maximum absolute atomic E-state index is 12.4. The molecule has 2 rings (SSSR count). The van der Waals surface area contributed by atoms with Crippen LogP contribution < -0.4 is 10.7 Å². The number of nitrogens with two attached hydrogens (primary N) is 1. The number of amides is 1. The molecule has 1 aromatic heterocycles.